The van der Waals surface area contributed by atoms with Gasteiger partial charge in [-0.15, -0.1) is 0 Å². The summed E-state index contributed by atoms with van der Waals surface area (Å²) >= 11 is 0. The molecule has 1 aliphatic rings. The molecule has 0 radical (unpaired) electrons. The molecule has 0 aliphatic carbocycles. The van der Waals surface area contributed by atoms with Crippen LogP contribution in [0.3, 0.4) is 0 Å². The second kappa shape index (κ2) is 4.43. The summed E-state index contributed by atoms with van der Waals surface area (Å²) in [6, 6.07) is 6.60. The normalized spacial score (nSPS) is 24.2. The van der Waals surface area contributed by atoms with Gasteiger partial charge in [0.2, 0.25) is 0 Å². The van der Waals surface area contributed by atoms with Crippen LogP contribution in [0.2, 0.25) is 0 Å². The van der Waals surface area contributed by atoms with Crippen molar-refractivity contribution in [3.8, 4) is 0 Å². The number of likely N-dealkylation sites (tertiary alicyclic amines) is 1. The number of hydrogen-bond donors (Lipinski definition) is 1. The Morgan fingerprint density at radius 2 is 2.06 bits per heavy atom. The van der Waals surface area contributed by atoms with Crippen molar-refractivity contribution in [2.45, 2.75) is 52.3 Å². The third-order valence-corrected chi connectivity index (χ3v) is 3.89. The van der Waals surface area contributed by atoms with Crippen LogP contribution in [0.4, 0.5) is 0 Å². The fraction of sp³-hybridized carbons (Fsp3) is 0.600. The Labute approximate surface area is 104 Å². The Morgan fingerprint density at radius 1 is 1.35 bits per heavy atom. The number of rotatable bonds is 2. The van der Waals surface area contributed by atoms with E-state index in [0.717, 1.165) is 19.5 Å². The van der Waals surface area contributed by atoms with E-state index < -0.39 is 0 Å². The second-order valence-corrected chi connectivity index (χ2v) is 5.98. The minimum absolute atomic E-state index is 0.107. The summed E-state index contributed by atoms with van der Waals surface area (Å²) in [5, 5.41) is 9.80. The summed E-state index contributed by atoms with van der Waals surface area (Å²) in [4.78, 5) is 2.39. The highest BCUT2D eigenvalue weighted by molar-refractivity contribution is 5.30. The van der Waals surface area contributed by atoms with Crippen molar-refractivity contribution >= 4 is 0 Å². The van der Waals surface area contributed by atoms with E-state index in [0.29, 0.717) is 0 Å². The molecule has 1 fully saturated rings. The molecule has 1 heterocycles. The average Bonchev–Trinajstić information content (AvgIpc) is 2.46. The number of benzene rings is 1. The third kappa shape index (κ3) is 2.70. The minimum atomic E-state index is -0.171. The SMILES string of the molecule is Cc1ccc(C)c(CN2CC(O)CC2(C)C)c1. The highest BCUT2D eigenvalue weighted by Crippen LogP contribution is 2.30. The predicted octanol–water partition coefficient (Wildman–Crippen LogP) is 2.65. The summed E-state index contributed by atoms with van der Waals surface area (Å²) < 4.78 is 0. The highest BCUT2D eigenvalue weighted by Gasteiger charge is 2.37. The van der Waals surface area contributed by atoms with Gasteiger partial charge in [-0.3, -0.25) is 4.90 Å². The molecule has 0 bridgehead atoms. The maximum Gasteiger partial charge on any atom is 0.0684 e. The fourth-order valence-corrected chi connectivity index (χ4v) is 2.73. The number of aliphatic hydroxyl groups excluding tert-OH is 1. The van der Waals surface area contributed by atoms with Crippen molar-refractivity contribution < 1.29 is 5.11 Å². The van der Waals surface area contributed by atoms with Gasteiger partial charge in [0.05, 0.1) is 6.10 Å². The highest BCUT2D eigenvalue weighted by atomic mass is 16.3. The Bertz CT molecular complexity index is 411. The van der Waals surface area contributed by atoms with E-state index in [1.54, 1.807) is 0 Å². The van der Waals surface area contributed by atoms with Gasteiger partial charge in [-0.05, 0) is 45.2 Å². The zero-order valence-corrected chi connectivity index (χ0v) is 11.3. The standard InChI is InChI=1S/C15H23NO/c1-11-5-6-12(2)13(7-11)9-16-10-14(17)8-15(16,3)4/h5-7,14,17H,8-10H2,1-4H3. The van der Waals surface area contributed by atoms with E-state index in [2.05, 4.69) is 50.8 Å². The van der Waals surface area contributed by atoms with Gasteiger partial charge < -0.3 is 5.11 Å². The van der Waals surface area contributed by atoms with E-state index in [-0.39, 0.29) is 11.6 Å². The molecule has 1 unspecified atom stereocenters. The van der Waals surface area contributed by atoms with Crippen LogP contribution in [0.5, 0.6) is 0 Å². The molecule has 2 rings (SSSR count). The maximum atomic E-state index is 9.80. The quantitative estimate of drug-likeness (QED) is 0.849. The molecule has 1 saturated heterocycles. The first kappa shape index (κ1) is 12.6. The molecule has 1 N–H and O–H groups in total. The smallest absolute Gasteiger partial charge is 0.0684 e. The third-order valence-electron chi connectivity index (χ3n) is 3.89. The Kier molecular flexibility index (Phi) is 3.28. The number of aliphatic hydroxyl groups is 1. The molecule has 1 atom stereocenters. The van der Waals surface area contributed by atoms with Gasteiger partial charge >= 0.3 is 0 Å². The van der Waals surface area contributed by atoms with Crippen molar-refractivity contribution in [2.75, 3.05) is 6.54 Å². The summed E-state index contributed by atoms with van der Waals surface area (Å²) in [6.45, 7) is 10.5. The van der Waals surface area contributed by atoms with Gasteiger partial charge in [-0.1, -0.05) is 23.8 Å². The van der Waals surface area contributed by atoms with E-state index in [9.17, 15) is 5.11 Å². The molecule has 1 aliphatic heterocycles. The Morgan fingerprint density at radius 3 is 2.65 bits per heavy atom. The molecule has 1 aromatic carbocycles. The summed E-state index contributed by atoms with van der Waals surface area (Å²) in [6.07, 6.45) is 0.702. The van der Waals surface area contributed by atoms with Crippen LogP contribution < -0.4 is 0 Å². The second-order valence-electron chi connectivity index (χ2n) is 5.98. The molecular formula is C15H23NO. The van der Waals surface area contributed by atoms with Crippen molar-refractivity contribution in [3.05, 3.63) is 34.9 Å². The zero-order valence-electron chi connectivity index (χ0n) is 11.3. The van der Waals surface area contributed by atoms with E-state index >= 15 is 0 Å². The molecule has 1 aromatic rings. The van der Waals surface area contributed by atoms with Crippen LogP contribution in [0.25, 0.3) is 0 Å². The lowest BCUT2D eigenvalue weighted by molar-refractivity contribution is 0.156. The van der Waals surface area contributed by atoms with Crippen LogP contribution >= 0.6 is 0 Å². The Hall–Kier alpha value is -0.860. The molecule has 2 nitrogen and oxygen atoms in total. The minimum Gasteiger partial charge on any atom is -0.392 e. The van der Waals surface area contributed by atoms with Gasteiger partial charge in [-0.25, -0.2) is 0 Å². The molecule has 0 amide bonds. The first-order valence-electron chi connectivity index (χ1n) is 6.38. The van der Waals surface area contributed by atoms with Crippen LogP contribution in [0.1, 0.15) is 37.0 Å². The van der Waals surface area contributed by atoms with Gasteiger partial charge in [-0.2, -0.15) is 0 Å². The summed E-state index contributed by atoms with van der Waals surface area (Å²) in [7, 11) is 0. The molecule has 2 heteroatoms. The van der Waals surface area contributed by atoms with Crippen molar-refractivity contribution in [1.82, 2.24) is 4.90 Å². The van der Waals surface area contributed by atoms with E-state index in [1.165, 1.54) is 16.7 Å². The van der Waals surface area contributed by atoms with Crippen LogP contribution in [0, 0.1) is 13.8 Å². The molecule has 0 aromatic heterocycles. The fourth-order valence-electron chi connectivity index (χ4n) is 2.73. The number of hydrogen-bond acceptors (Lipinski definition) is 2. The monoisotopic (exact) mass is 233 g/mol. The van der Waals surface area contributed by atoms with Crippen LogP contribution in [0.15, 0.2) is 18.2 Å². The lowest BCUT2D eigenvalue weighted by atomic mass is 9.99. The van der Waals surface area contributed by atoms with Crippen molar-refractivity contribution in [3.63, 3.8) is 0 Å². The first-order valence-corrected chi connectivity index (χ1v) is 6.38. The largest absolute Gasteiger partial charge is 0.392 e. The Balaban J connectivity index is 2.18. The average molecular weight is 233 g/mol. The zero-order chi connectivity index (χ0) is 12.6. The lowest BCUT2D eigenvalue weighted by Gasteiger charge is -2.31. The van der Waals surface area contributed by atoms with Gasteiger partial charge in [0.25, 0.3) is 0 Å². The maximum absolute atomic E-state index is 9.80. The molecule has 17 heavy (non-hydrogen) atoms. The predicted molar refractivity (Wildman–Crippen MR) is 71.0 cm³/mol. The van der Waals surface area contributed by atoms with Crippen molar-refractivity contribution in [2.24, 2.45) is 0 Å². The first-order chi connectivity index (χ1) is 7.88. The molecule has 0 saturated carbocycles. The molecular weight excluding hydrogens is 210 g/mol. The topological polar surface area (TPSA) is 23.5 Å². The molecule has 0 spiro atoms. The van der Waals surface area contributed by atoms with E-state index in [1.807, 2.05) is 0 Å². The van der Waals surface area contributed by atoms with Gasteiger partial charge in [0, 0.05) is 18.6 Å². The summed E-state index contributed by atoms with van der Waals surface area (Å²) in [5.41, 5.74) is 4.14. The van der Waals surface area contributed by atoms with Crippen LogP contribution in [-0.2, 0) is 6.54 Å². The molecule has 94 valence electrons. The van der Waals surface area contributed by atoms with E-state index in [4.69, 9.17) is 0 Å². The number of nitrogens with zero attached hydrogens (tertiary/aromatic N) is 1. The van der Waals surface area contributed by atoms with Gasteiger partial charge in [0.15, 0.2) is 0 Å². The number of β-amino-alcohol motifs (C(OH)–C–C–N with tert-alkyl or cyclic N) is 1. The van der Waals surface area contributed by atoms with Crippen molar-refractivity contribution in [1.29, 1.82) is 0 Å². The lowest BCUT2D eigenvalue weighted by Crippen LogP contribution is -2.37. The number of aryl methyl sites for hydroxylation is 2. The van der Waals surface area contributed by atoms with Crippen LogP contribution in [-0.4, -0.2) is 28.2 Å². The van der Waals surface area contributed by atoms with Gasteiger partial charge in [0.1, 0.15) is 0 Å². The summed E-state index contributed by atoms with van der Waals surface area (Å²) in [5.74, 6) is 0.